The summed E-state index contributed by atoms with van der Waals surface area (Å²) in [7, 11) is 1.63. The van der Waals surface area contributed by atoms with Crippen LogP contribution in [0.4, 0.5) is 10.7 Å². The topological polar surface area (TPSA) is 59.9 Å². The molecular weight excluding hydrogens is 572 g/mol. The molecule has 3 aromatic carbocycles. The van der Waals surface area contributed by atoms with E-state index < -0.39 is 0 Å². The van der Waals surface area contributed by atoms with Crippen molar-refractivity contribution in [3.63, 3.8) is 0 Å². The molecule has 7 heteroatoms. The van der Waals surface area contributed by atoms with Gasteiger partial charge in [-0.05, 0) is 84.8 Å². The van der Waals surface area contributed by atoms with Crippen LogP contribution in [0.25, 0.3) is 0 Å². The molecule has 39 heavy (non-hydrogen) atoms. The highest BCUT2D eigenvalue weighted by molar-refractivity contribution is 9.10. The number of ether oxygens (including phenoxy) is 2. The van der Waals surface area contributed by atoms with E-state index in [2.05, 4.69) is 21.2 Å². The molecule has 0 spiro atoms. The Labute approximate surface area is 242 Å². The maximum atomic E-state index is 13.5. The van der Waals surface area contributed by atoms with Gasteiger partial charge in [0.1, 0.15) is 11.6 Å². The Hall–Kier alpha value is -3.42. The number of fused-ring (bicyclic) bond motifs is 1. The first-order chi connectivity index (χ1) is 19.1. The molecule has 1 amide bonds. The minimum atomic E-state index is -0.0966. The molecule has 0 saturated carbocycles. The third-order valence-corrected chi connectivity index (χ3v) is 8.47. The zero-order valence-electron chi connectivity index (χ0n) is 21.9. The summed E-state index contributed by atoms with van der Waals surface area (Å²) >= 11 is 5.10. The molecule has 1 aliphatic rings. The number of thiophene rings is 1. The lowest BCUT2D eigenvalue weighted by Gasteiger charge is -2.12. The summed E-state index contributed by atoms with van der Waals surface area (Å²) in [6, 6.07) is 23.4. The Morgan fingerprint density at radius 2 is 1.74 bits per heavy atom. The maximum Gasteiger partial charge on any atom is 0.259 e. The molecule has 0 fully saturated rings. The van der Waals surface area contributed by atoms with E-state index in [0.717, 1.165) is 57.5 Å². The van der Waals surface area contributed by atoms with Gasteiger partial charge in [0.25, 0.3) is 5.91 Å². The lowest BCUT2D eigenvalue weighted by Crippen LogP contribution is -2.14. The number of methoxy groups -OCH3 is 1. The maximum absolute atomic E-state index is 13.5. The fraction of sp³-hybridized carbons (Fsp3) is 0.250. The number of benzene rings is 3. The summed E-state index contributed by atoms with van der Waals surface area (Å²) in [6.45, 7) is 0.442. The second kappa shape index (κ2) is 13.1. The highest BCUT2D eigenvalue weighted by atomic mass is 79.9. The molecule has 0 saturated heterocycles. The van der Waals surface area contributed by atoms with E-state index in [1.165, 1.54) is 17.7 Å². The van der Waals surface area contributed by atoms with Crippen molar-refractivity contribution in [2.45, 2.75) is 45.1 Å². The predicted octanol–water partition coefficient (Wildman–Crippen LogP) is 8.76. The van der Waals surface area contributed by atoms with Gasteiger partial charge in [0.15, 0.2) is 11.5 Å². The van der Waals surface area contributed by atoms with Gasteiger partial charge in [-0.15, -0.1) is 11.3 Å². The highest BCUT2D eigenvalue weighted by Crippen LogP contribution is 2.39. The third kappa shape index (κ3) is 6.97. The number of hydrogen-bond acceptors (Lipinski definition) is 5. The molecule has 5 nitrogen and oxygen atoms in total. The minimum absolute atomic E-state index is 0.0966. The van der Waals surface area contributed by atoms with E-state index in [9.17, 15) is 4.79 Å². The van der Waals surface area contributed by atoms with Crippen LogP contribution in [-0.4, -0.2) is 19.2 Å². The van der Waals surface area contributed by atoms with Crippen molar-refractivity contribution in [3.05, 3.63) is 104 Å². The highest BCUT2D eigenvalue weighted by Gasteiger charge is 2.24. The van der Waals surface area contributed by atoms with E-state index in [1.54, 1.807) is 24.7 Å². The van der Waals surface area contributed by atoms with E-state index >= 15 is 0 Å². The van der Waals surface area contributed by atoms with Crippen molar-refractivity contribution in [2.24, 2.45) is 4.99 Å². The molecular formula is C32H31BrN2O3S. The van der Waals surface area contributed by atoms with Crippen molar-refractivity contribution in [2.75, 3.05) is 12.4 Å². The lowest BCUT2D eigenvalue weighted by atomic mass is 9.96. The Kier molecular flexibility index (Phi) is 9.12. The van der Waals surface area contributed by atoms with Crippen LogP contribution in [0.15, 0.2) is 82.3 Å². The summed E-state index contributed by atoms with van der Waals surface area (Å²) in [6.07, 6.45) is 8.39. The van der Waals surface area contributed by atoms with Gasteiger partial charge in [-0.3, -0.25) is 4.79 Å². The van der Waals surface area contributed by atoms with Crippen LogP contribution in [0.5, 0.6) is 11.5 Å². The standard InChI is InChI=1S/C32H31BrN2O3S/c1-37-28-19-23(15-18-27(28)38-21-22-13-16-24(33)17-14-22)20-34-32-30(31(36)35-25-9-5-4-6-10-25)26-11-7-2-3-8-12-29(26)39-32/h4-6,9-10,13-20H,2-3,7-8,11-12,21H2,1H3,(H,35,36). The summed E-state index contributed by atoms with van der Waals surface area (Å²) in [5.74, 6) is 1.21. The third-order valence-electron chi connectivity index (χ3n) is 6.74. The largest absolute Gasteiger partial charge is 0.493 e. The number of hydrogen-bond donors (Lipinski definition) is 1. The lowest BCUT2D eigenvalue weighted by molar-refractivity contribution is 0.102. The number of aryl methyl sites for hydroxylation is 1. The molecule has 0 bridgehead atoms. The number of anilines is 1. The molecule has 0 atom stereocenters. The average Bonchev–Trinajstić information content (AvgIpc) is 3.28. The molecule has 0 unspecified atom stereocenters. The minimum Gasteiger partial charge on any atom is -0.493 e. The molecule has 0 radical (unpaired) electrons. The smallest absolute Gasteiger partial charge is 0.259 e. The Morgan fingerprint density at radius 3 is 2.51 bits per heavy atom. The molecule has 0 aliphatic heterocycles. The molecule has 5 rings (SSSR count). The summed E-state index contributed by atoms with van der Waals surface area (Å²) in [5.41, 5.74) is 4.60. The van der Waals surface area contributed by atoms with Crippen LogP contribution in [0.3, 0.4) is 0 Å². The van der Waals surface area contributed by atoms with Gasteiger partial charge in [0.2, 0.25) is 0 Å². The van der Waals surface area contributed by atoms with Gasteiger partial charge >= 0.3 is 0 Å². The van der Waals surface area contributed by atoms with Gasteiger partial charge in [-0.25, -0.2) is 4.99 Å². The molecule has 1 heterocycles. The molecule has 1 aliphatic carbocycles. The zero-order valence-corrected chi connectivity index (χ0v) is 24.3. The number of nitrogens with zero attached hydrogens (tertiary/aromatic N) is 1. The molecule has 200 valence electrons. The van der Waals surface area contributed by atoms with Gasteiger partial charge in [0.05, 0.1) is 12.7 Å². The Morgan fingerprint density at radius 1 is 0.974 bits per heavy atom. The monoisotopic (exact) mass is 602 g/mol. The number of carbonyl (C=O) groups is 1. The normalized spacial score (nSPS) is 13.4. The number of halogens is 1. The summed E-state index contributed by atoms with van der Waals surface area (Å²) in [4.78, 5) is 19.6. The van der Waals surface area contributed by atoms with Crippen LogP contribution in [0, 0.1) is 0 Å². The van der Waals surface area contributed by atoms with Crippen molar-refractivity contribution < 1.29 is 14.3 Å². The number of rotatable bonds is 8. The van der Waals surface area contributed by atoms with E-state index in [4.69, 9.17) is 14.5 Å². The van der Waals surface area contributed by atoms with Crippen LogP contribution in [0.1, 0.15) is 57.6 Å². The van der Waals surface area contributed by atoms with Crippen LogP contribution in [-0.2, 0) is 19.4 Å². The zero-order chi connectivity index (χ0) is 27.0. The van der Waals surface area contributed by atoms with Crippen LogP contribution >= 0.6 is 27.3 Å². The SMILES string of the molecule is COc1cc(C=Nc2sc3c(c2C(=O)Nc2ccccc2)CCCCCC3)ccc1OCc1ccc(Br)cc1. The summed E-state index contributed by atoms with van der Waals surface area (Å²) in [5, 5.41) is 3.83. The van der Waals surface area contributed by atoms with E-state index in [0.29, 0.717) is 23.7 Å². The van der Waals surface area contributed by atoms with Gasteiger partial charge < -0.3 is 14.8 Å². The number of nitrogens with one attached hydrogen (secondary N) is 1. The Balaban J connectivity index is 1.39. The Bertz CT molecular complexity index is 1450. The molecule has 4 aromatic rings. The number of amides is 1. The first-order valence-corrected chi connectivity index (χ1v) is 14.8. The summed E-state index contributed by atoms with van der Waals surface area (Å²) < 4.78 is 12.7. The predicted molar refractivity (Wildman–Crippen MR) is 163 cm³/mol. The van der Waals surface area contributed by atoms with Crippen molar-refractivity contribution in [3.8, 4) is 11.5 Å². The molecule has 1 aromatic heterocycles. The first kappa shape index (κ1) is 27.2. The second-order valence-electron chi connectivity index (χ2n) is 9.50. The van der Waals surface area contributed by atoms with Gasteiger partial charge in [-0.1, -0.05) is 59.1 Å². The fourth-order valence-electron chi connectivity index (χ4n) is 4.70. The van der Waals surface area contributed by atoms with Crippen LogP contribution < -0.4 is 14.8 Å². The second-order valence-corrected chi connectivity index (χ2v) is 11.5. The van der Waals surface area contributed by atoms with Gasteiger partial charge in [0, 0.05) is 21.3 Å². The van der Waals surface area contributed by atoms with E-state index in [1.807, 2.05) is 72.8 Å². The van der Waals surface area contributed by atoms with Crippen LogP contribution in [0.2, 0.25) is 0 Å². The quantitative estimate of drug-likeness (QED) is 0.205. The van der Waals surface area contributed by atoms with E-state index in [-0.39, 0.29) is 5.91 Å². The fourth-order valence-corrected chi connectivity index (χ4v) is 6.20. The number of carbonyl (C=O) groups excluding carboxylic acids is 1. The first-order valence-electron chi connectivity index (χ1n) is 13.2. The average molecular weight is 604 g/mol. The number of aliphatic imine (C=N–C) groups is 1. The van der Waals surface area contributed by atoms with Crippen molar-refractivity contribution in [1.29, 1.82) is 0 Å². The van der Waals surface area contributed by atoms with Crippen molar-refractivity contribution in [1.82, 2.24) is 0 Å². The number of para-hydroxylation sites is 1. The van der Waals surface area contributed by atoms with Crippen molar-refractivity contribution >= 4 is 50.1 Å². The molecule has 1 N–H and O–H groups in total. The van der Waals surface area contributed by atoms with Gasteiger partial charge in [-0.2, -0.15) is 0 Å².